The quantitative estimate of drug-likeness (QED) is 0.569. The molecule has 7 heteroatoms. The van der Waals surface area contributed by atoms with Crippen LogP contribution in [0.4, 0.5) is 5.69 Å². The van der Waals surface area contributed by atoms with E-state index in [1.54, 1.807) is 0 Å². The molecular formula is C12H18N2O5. The number of nitro groups is 1. The van der Waals surface area contributed by atoms with Crippen molar-refractivity contribution in [2.45, 2.75) is 26.0 Å². The summed E-state index contributed by atoms with van der Waals surface area (Å²) >= 11 is 0. The van der Waals surface area contributed by atoms with Gasteiger partial charge in [-0.25, -0.2) is 0 Å². The molecule has 0 fully saturated rings. The summed E-state index contributed by atoms with van der Waals surface area (Å²) in [6.07, 6.45) is -0.0939. The predicted molar refractivity (Wildman–Crippen MR) is 69.3 cm³/mol. The number of nitrogens with two attached hydrogens (primary N) is 1. The lowest BCUT2D eigenvalue weighted by molar-refractivity contribution is -0.385. The maximum absolute atomic E-state index is 10.9. The van der Waals surface area contributed by atoms with Gasteiger partial charge in [0, 0.05) is 12.1 Å². The number of rotatable bonds is 7. The van der Waals surface area contributed by atoms with Crippen LogP contribution in [0.1, 0.15) is 18.9 Å². The molecule has 0 saturated carbocycles. The molecular weight excluding hydrogens is 252 g/mol. The number of nitro benzene ring substituents is 1. The van der Waals surface area contributed by atoms with Crippen LogP contribution in [0.2, 0.25) is 0 Å². The Morgan fingerprint density at radius 1 is 1.47 bits per heavy atom. The van der Waals surface area contributed by atoms with Crippen molar-refractivity contribution in [3.05, 3.63) is 27.8 Å². The maximum atomic E-state index is 10.9. The zero-order valence-corrected chi connectivity index (χ0v) is 11.0. The van der Waals surface area contributed by atoms with E-state index in [2.05, 4.69) is 0 Å². The van der Waals surface area contributed by atoms with E-state index in [-0.39, 0.29) is 24.6 Å². The third-order valence-electron chi connectivity index (χ3n) is 2.68. The summed E-state index contributed by atoms with van der Waals surface area (Å²) in [6.45, 7) is 1.89. The smallest absolute Gasteiger partial charge is 0.277 e. The highest BCUT2D eigenvalue weighted by Crippen LogP contribution is 2.34. The number of methoxy groups -OCH3 is 1. The third-order valence-corrected chi connectivity index (χ3v) is 2.68. The van der Waals surface area contributed by atoms with E-state index in [1.807, 2.05) is 6.92 Å². The molecule has 1 aromatic rings. The van der Waals surface area contributed by atoms with Crippen LogP contribution >= 0.6 is 0 Å². The van der Waals surface area contributed by atoms with E-state index < -0.39 is 11.0 Å². The van der Waals surface area contributed by atoms with E-state index in [1.165, 1.54) is 19.2 Å². The van der Waals surface area contributed by atoms with Crippen molar-refractivity contribution < 1.29 is 19.5 Å². The lowest BCUT2D eigenvalue weighted by Crippen LogP contribution is -2.16. The minimum atomic E-state index is -0.627. The normalized spacial score (nSPS) is 12.0. The van der Waals surface area contributed by atoms with Gasteiger partial charge in [-0.3, -0.25) is 10.1 Å². The fraction of sp³-hybridized carbons (Fsp3) is 0.500. The van der Waals surface area contributed by atoms with Crippen LogP contribution in [0, 0.1) is 10.1 Å². The fourth-order valence-electron chi connectivity index (χ4n) is 1.50. The fourth-order valence-corrected chi connectivity index (χ4v) is 1.50. The molecule has 106 valence electrons. The zero-order chi connectivity index (χ0) is 14.4. The Bertz CT molecular complexity index is 450. The first-order valence-corrected chi connectivity index (χ1v) is 5.89. The molecule has 1 rings (SSSR count). The molecule has 1 aromatic carbocycles. The van der Waals surface area contributed by atoms with E-state index in [0.717, 1.165) is 0 Å². The van der Waals surface area contributed by atoms with Crippen LogP contribution in [-0.2, 0) is 6.54 Å². The molecule has 0 radical (unpaired) electrons. The van der Waals surface area contributed by atoms with Gasteiger partial charge in [-0.1, -0.05) is 6.92 Å². The first-order valence-electron chi connectivity index (χ1n) is 5.89. The van der Waals surface area contributed by atoms with Gasteiger partial charge in [0.15, 0.2) is 11.5 Å². The number of benzene rings is 1. The highest BCUT2D eigenvalue weighted by Gasteiger charge is 2.19. The summed E-state index contributed by atoms with van der Waals surface area (Å²) in [6, 6.07) is 2.75. The van der Waals surface area contributed by atoms with Crippen LogP contribution < -0.4 is 15.2 Å². The summed E-state index contributed by atoms with van der Waals surface area (Å²) in [7, 11) is 1.44. The largest absolute Gasteiger partial charge is 0.493 e. The predicted octanol–water partition coefficient (Wildman–Crippen LogP) is 1.21. The molecule has 1 unspecified atom stereocenters. The van der Waals surface area contributed by atoms with Gasteiger partial charge in [-0.15, -0.1) is 0 Å². The van der Waals surface area contributed by atoms with Crippen LogP contribution in [0.25, 0.3) is 0 Å². The topological polar surface area (TPSA) is 108 Å². The van der Waals surface area contributed by atoms with Gasteiger partial charge in [0.1, 0.15) is 6.61 Å². The number of aliphatic hydroxyl groups is 1. The second-order valence-electron chi connectivity index (χ2n) is 3.97. The molecule has 3 N–H and O–H groups in total. The maximum Gasteiger partial charge on any atom is 0.277 e. The van der Waals surface area contributed by atoms with Gasteiger partial charge in [0.2, 0.25) is 0 Å². The highest BCUT2D eigenvalue weighted by atomic mass is 16.6. The molecule has 0 amide bonds. The Balaban J connectivity index is 3.07. The molecule has 0 aromatic heterocycles. The Morgan fingerprint density at radius 2 is 2.16 bits per heavy atom. The first kappa shape index (κ1) is 15.2. The average molecular weight is 270 g/mol. The van der Waals surface area contributed by atoms with Crippen LogP contribution in [0.3, 0.4) is 0 Å². The summed E-state index contributed by atoms with van der Waals surface area (Å²) in [5.74, 6) is 0.577. The number of aliphatic hydroxyl groups excluding tert-OH is 1. The first-order chi connectivity index (χ1) is 9.03. The third kappa shape index (κ3) is 3.80. The lowest BCUT2D eigenvalue weighted by atomic mass is 10.1. The Labute approximate surface area is 111 Å². The van der Waals surface area contributed by atoms with Gasteiger partial charge >= 0.3 is 0 Å². The van der Waals surface area contributed by atoms with Crippen LogP contribution in [-0.4, -0.2) is 29.9 Å². The van der Waals surface area contributed by atoms with Crippen molar-refractivity contribution >= 4 is 5.69 Å². The molecule has 0 aliphatic heterocycles. The second kappa shape index (κ2) is 6.91. The molecule has 0 bridgehead atoms. The standard InChI is InChI=1S/C12H18N2O5/c1-3-9(15)7-19-12-5-10(14(16)17)8(6-13)4-11(12)18-2/h4-5,9,15H,3,6-7,13H2,1-2H3. The average Bonchev–Trinajstić information content (AvgIpc) is 2.43. The number of nitrogens with zero attached hydrogens (tertiary/aromatic N) is 1. The monoisotopic (exact) mass is 270 g/mol. The summed E-state index contributed by atoms with van der Waals surface area (Å²) in [5.41, 5.74) is 5.71. The van der Waals surface area contributed by atoms with Crippen molar-refractivity contribution in [1.29, 1.82) is 0 Å². The van der Waals surface area contributed by atoms with Gasteiger partial charge < -0.3 is 20.3 Å². The van der Waals surface area contributed by atoms with Crippen molar-refractivity contribution in [2.24, 2.45) is 5.73 Å². The lowest BCUT2D eigenvalue weighted by Gasteiger charge is -2.14. The van der Waals surface area contributed by atoms with Crippen LogP contribution in [0.15, 0.2) is 12.1 Å². The molecule has 7 nitrogen and oxygen atoms in total. The Kier molecular flexibility index (Phi) is 5.53. The summed E-state index contributed by atoms with van der Waals surface area (Å²) < 4.78 is 10.5. The van der Waals surface area contributed by atoms with Crippen LogP contribution in [0.5, 0.6) is 11.5 Å². The van der Waals surface area contributed by atoms with Crippen molar-refractivity contribution in [3.8, 4) is 11.5 Å². The molecule has 0 aliphatic rings. The van der Waals surface area contributed by atoms with E-state index in [9.17, 15) is 15.2 Å². The summed E-state index contributed by atoms with van der Waals surface area (Å²) in [4.78, 5) is 10.4. The second-order valence-corrected chi connectivity index (χ2v) is 3.97. The molecule has 0 saturated heterocycles. The van der Waals surface area contributed by atoms with E-state index in [0.29, 0.717) is 17.7 Å². The number of hydrogen-bond donors (Lipinski definition) is 2. The minimum Gasteiger partial charge on any atom is -0.493 e. The molecule has 1 atom stereocenters. The van der Waals surface area contributed by atoms with Gasteiger partial charge in [-0.05, 0) is 12.5 Å². The Morgan fingerprint density at radius 3 is 2.63 bits per heavy atom. The number of ether oxygens (including phenoxy) is 2. The van der Waals surface area contributed by atoms with Gasteiger partial charge in [0.25, 0.3) is 5.69 Å². The van der Waals surface area contributed by atoms with E-state index >= 15 is 0 Å². The summed E-state index contributed by atoms with van der Waals surface area (Å²) in [5, 5.41) is 20.4. The minimum absolute atomic E-state index is 0.0323. The Hall–Kier alpha value is -1.86. The van der Waals surface area contributed by atoms with Gasteiger partial charge in [0.05, 0.1) is 24.2 Å². The van der Waals surface area contributed by atoms with E-state index in [4.69, 9.17) is 15.2 Å². The molecule has 0 spiro atoms. The van der Waals surface area contributed by atoms with Crippen molar-refractivity contribution in [3.63, 3.8) is 0 Å². The highest BCUT2D eigenvalue weighted by molar-refractivity contribution is 5.54. The molecule has 19 heavy (non-hydrogen) atoms. The number of hydrogen-bond acceptors (Lipinski definition) is 6. The molecule has 0 aliphatic carbocycles. The van der Waals surface area contributed by atoms with Crippen molar-refractivity contribution in [2.75, 3.05) is 13.7 Å². The zero-order valence-electron chi connectivity index (χ0n) is 11.0. The van der Waals surface area contributed by atoms with Crippen molar-refractivity contribution in [1.82, 2.24) is 0 Å². The molecule has 0 heterocycles. The van der Waals surface area contributed by atoms with Gasteiger partial charge in [-0.2, -0.15) is 0 Å². The SMILES string of the molecule is CCC(O)COc1cc([N+](=O)[O-])c(CN)cc1OC.